The first kappa shape index (κ1) is 22.9. The highest BCUT2D eigenvalue weighted by atomic mass is 32.2. The van der Waals surface area contributed by atoms with Gasteiger partial charge in [-0.2, -0.15) is 9.30 Å². The highest BCUT2D eigenvalue weighted by molar-refractivity contribution is 7.89. The van der Waals surface area contributed by atoms with Crippen LogP contribution in [0.3, 0.4) is 0 Å². The van der Waals surface area contributed by atoms with Crippen molar-refractivity contribution in [3.63, 3.8) is 0 Å². The molecule has 1 aromatic heterocycles. The van der Waals surface area contributed by atoms with Gasteiger partial charge in [-0.05, 0) is 67.6 Å². The topological polar surface area (TPSA) is 71.7 Å². The van der Waals surface area contributed by atoms with E-state index in [0.717, 1.165) is 42.3 Å². The summed E-state index contributed by atoms with van der Waals surface area (Å²) >= 11 is 1.48. The summed E-state index contributed by atoms with van der Waals surface area (Å²) in [6.45, 7) is 4.69. The molecule has 0 N–H and O–H groups in total. The first-order chi connectivity index (χ1) is 15.3. The Hall–Kier alpha value is -2.29. The standard InChI is InChI=1S/C24H29N3O3S2/c1-4-17-9-14-21-22(16-17)31-24(26(21)3)25-23(28)18-10-12-20(13-11-18)32(29,30)27-15-7-6-8-19(27)5-2/h9-14,16,19H,4-8,15H2,1-3H3. The quantitative estimate of drug-likeness (QED) is 0.550. The number of aromatic nitrogens is 1. The van der Waals surface area contributed by atoms with Crippen LogP contribution in [-0.2, 0) is 23.5 Å². The Morgan fingerprint density at radius 3 is 2.56 bits per heavy atom. The molecule has 0 saturated carbocycles. The molecule has 4 rings (SSSR count). The van der Waals surface area contributed by atoms with E-state index in [1.54, 1.807) is 16.4 Å². The third kappa shape index (κ3) is 4.31. The maximum Gasteiger partial charge on any atom is 0.279 e. The van der Waals surface area contributed by atoms with Crippen LogP contribution in [0.1, 0.15) is 55.5 Å². The minimum absolute atomic E-state index is 0.0474. The molecule has 1 saturated heterocycles. The highest BCUT2D eigenvalue weighted by Crippen LogP contribution is 2.27. The van der Waals surface area contributed by atoms with Gasteiger partial charge >= 0.3 is 0 Å². The van der Waals surface area contributed by atoms with E-state index >= 15 is 0 Å². The van der Waals surface area contributed by atoms with Crippen LogP contribution in [0.25, 0.3) is 10.2 Å². The van der Waals surface area contributed by atoms with Gasteiger partial charge in [0.1, 0.15) is 0 Å². The number of thiazole rings is 1. The molecule has 2 aromatic carbocycles. The summed E-state index contributed by atoms with van der Waals surface area (Å²) in [6.07, 6.45) is 4.61. The van der Waals surface area contributed by atoms with Crippen LogP contribution >= 0.6 is 11.3 Å². The minimum Gasteiger partial charge on any atom is -0.319 e. The summed E-state index contributed by atoms with van der Waals surface area (Å²) in [5, 5.41) is 0. The summed E-state index contributed by atoms with van der Waals surface area (Å²) in [4.78, 5) is 18.0. The lowest BCUT2D eigenvalue weighted by atomic mass is 10.0. The number of piperidine rings is 1. The number of sulfonamides is 1. The molecule has 3 aromatic rings. The summed E-state index contributed by atoms with van der Waals surface area (Å²) in [7, 11) is -1.67. The number of fused-ring (bicyclic) bond motifs is 1. The van der Waals surface area contributed by atoms with E-state index in [4.69, 9.17) is 0 Å². The number of hydrogen-bond donors (Lipinski definition) is 0. The molecule has 0 radical (unpaired) electrons. The molecule has 6 nitrogen and oxygen atoms in total. The number of hydrogen-bond acceptors (Lipinski definition) is 4. The molecule has 2 heterocycles. The number of benzene rings is 2. The van der Waals surface area contributed by atoms with Gasteiger partial charge in [-0.25, -0.2) is 8.42 Å². The number of carbonyl (C=O) groups excluding carboxylic acids is 1. The maximum absolute atomic E-state index is 13.1. The summed E-state index contributed by atoms with van der Waals surface area (Å²) in [5.41, 5.74) is 2.65. The van der Waals surface area contributed by atoms with Crippen LogP contribution in [0.15, 0.2) is 52.4 Å². The molecule has 170 valence electrons. The molecule has 0 bridgehead atoms. The van der Waals surface area contributed by atoms with Crippen molar-refractivity contribution < 1.29 is 13.2 Å². The zero-order chi connectivity index (χ0) is 22.9. The van der Waals surface area contributed by atoms with Gasteiger partial charge in [0.2, 0.25) is 10.0 Å². The Balaban J connectivity index is 1.61. The fourth-order valence-corrected chi connectivity index (χ4v) is 7.11. The molecule has 1 aliphatic heterocycles. The molecule has 8 heteroatoms. The molecular weight excluding hydrogens is 442 g/mol. The lowest BCUT2D eigenvalue weighted by molar-refractivity contribution is 0.0998. The third-order valence-electron chi connectivity index (χ3n) is 6.23. The van der Waals surface area contributed by atoms with E-state index < -0.39 is 10.0 Å². The maximum atomic E-state index is 13.1. The summed E-state index contributed by atoms with van der Waals surface area (Å²) in [5.74, 6) is -0.378. The Bertz CT molecular complexity index is 1300. The molecule has 1 amide bonds. The Kier molecular flexibility index (Phi) is 6.65. The second kappa shape index (κ2) is 9.29. The van der Waals surface area contributed by atoms with Gasteiger partial charge in [-0.15, -0.1) is 0 Å². The SMILES string of the molecule is CCc1ccc2c(c1)sc(=NC(=O)c1ccc(S(=O)(=O)N3CCCCC3CC)cc1)n2C. The van der Waals surface area contributed by atoms with Gasteiger partial charge in [-0.1, -0.05) is 37.7 Å². The van der Waals surface area contributed by atoms with Gasteiger partial charge < -0.3 is 4.57 Å². The largest absolute Gasteiger partial charge is 0.319 e. The van der Waals surface area contributed by atoms with Crippen molar-refractivity contribution in [1.82, 2.24) is 8.87 Å². The van der Waals surface area contributed by atoms with Gasteiger partial charge in [0.25, 0.3) is 5.91 Å². The van der Waals surface area contributed by atoms with E-state index in [2.05, 4.69) is 30.1 Å². The predicted octanol–water partition coefficient (Wildman–Crippen LogP) is 4.50. The summed E-state index contributed by atoms with van der Waals surface area (Å²) in [6, 6.07) is 12.5. The van der Waals surface area contributed by atoms with Crippen molar-refractivity contribution in [2.24, 2.45) is 12.0 Å². The second-order valence-corrected chi connectivity index (χ2v) is 11.1. The van der Waals surface area contributed by atoms with E-state index in [-0.39, 0.29) is 16.8 Å². The zero-order valence-corrected chi connectivity index (χ0v) is 20.4. The second-order valence-electron chi connectivity index (χ2n) is 8.21. The minimum atomic E-state index is -3.57. The molecule has 0 aliphatic carbocycles. The van der Waals surface area contributed by atoms with Gasteiger partial charge in [-0.3, -0.25) is 4.79 Å². The van der Waals surface area contributed by atoms with Crippen LogP contribution < -0.4 is 4.80 Å². The van der Waals surface area contributed by atoms with E-state index in [0.29, 0.717) is 16.9 Å². The van der Waals surface area contributed by atoms with Crippen LogP contribution in [-0.4, -0.2) is 35.8 Å². The van der Waals surface area contributed by atoms with E-state index in [9.17, 15) is 13.2 Å². The lowest BCUT2D eigenvalue weighted by Crippen LogP contribution is -2.43. The van der Waals surface area contributed by atoms with Crippen molar-refractivity contribution in [3.8, 4) is 0 Å². The van der Waals surface area contributed by atoms with Crippen molar-refractivity contribution >= 4 is 37.5 Å². The molecule has 1 atom stereocenters. The predicted molar refractivity (Wildman–Crippen MR) is 128 cm³/mol. The molecule has 1 fully saturated rings. The normalized spacial score (nSPS) is 18.3. The van der Waals surface area contributed by atoms with Crippen LogP contribution in [0.5, 0.6) is 0 Å². The number of amides is 1. The lowest BCUT2D eigenvalue weighted by Gasteiger charge is -2.34. The van der Waals surface area contributed by atoms with Crippen molar-refractivity contribution in [3.05, 3.63) is 58.4 Å². The van der Waals surface area contributed by atoms with Gasteiger partial charge in [0.15, 0.2) is 4.80 Å². The van der Waals surface area contributed by atoms with Crippen molar-refractivity contribution in [2.75, 3.05) is 6.54 Å². The average Bonchev–Trinajstić information content (AvgIpc) is 3.13. The van der Waals surface area contributed by atoms with Crippen LogP contribution in [0, 0.1) is 0 Å². The third-order valence-corrected chi connectivity index (χ3v) is 9.29. The van der Waals surface area contributed by atoms with Gasteiger partial charge in [0.05, 0.1) is 15.1 Å². The molecular formula is C24H29N3O3S2. The van der Waals surface area contributed by atoms with E-state index in [1.807, 2.05) is 18.5 Å². The molecule has 1 unspecified atom stereocenters. The van der Waals surface area contributed by atoms with Gasteiger partial charge in [0, 0.05) is 25.2 Å². The van der Waals surface area contributed by atoms with Crippen LogP contribution in [0.2, 0.25) is 0 Å². The zero-order valence-electron chi connectivity index (χ0n) is 18.7. The first-order valence-electron chi connectivity index (χ1n) is 11.1. The molecule has 1 aliphatic rings. The van der Waals surface area contributed by atoms with Crippen molar-refractivity contribution in [1.29, 1.82) is 0 Å². The fourth-order valence-electron chi connectivity index (χ4n) is 4.26. The fraction of sp³-hybridized carbons (Fsp3) is 0.417. The van der Waals surface area contributed by atoms with Crippen LogP contribution in [0.4, 0.5) is 0 Å². The molecule has 32 heavy (non-hydrogen) atoms. The monoisotopic (exact) mass is 471 g/mol. The first-order valence-corrected chi connectivity index (χ1v) is 13.4. The number of aryl methyl sites for hydroxylation is 2. The summed E-state index contributed by atoms with van der Waals surface area (Å²) < 4.78 is 30.9. The molecule has 0 spiro atoms. The number of rotatable bonds is 5. The number of nitrogens with zero attached hydrogens (tertiary/aromatic N) is 3. The Labute approximate surface area is 193 Å². The highest BCUT2D eigenvalue weighted by Gasteiger charge is 2.32. The van der Waals surface area contributed by atoms with Crippen molar-refractivity contribution in [2.45, 2.75) is 56.9 Å². The smallest absolute Gasteiger partial charge is 0.279 e. The number of carbonyl (C=O) groups is 1. The Morgan fingerprint density at radius 2 is 1.88 bits per heavy atom. The van der Waals surface area contributed by atoms with E-state index in [1.165, 1.54) is 29.0 Å². The Morgan fingerprint density at radius 1 is 1.12 bits per heavy atom. The average molecular weight is 472 g/mol.